The van der Waals surface area contributed by atoms with Crippen LogP contribution < -0.4 is 20.5 Å². The van der Waals surface area contributed by atoms with Gasteiger partial charge in [0.25, 0.3) is 5.91 Å². The molecule has 1 fully saturated rings. The van der Waals surface area contributed by atoms with Crippen LogP contribution in [0.4, 0.5) is 0 Å². The maximum absolute atomic E-state index is 12.9. The van der Waals surface area contributed by atoms with Gasteiger partial charge in [0.2, 0.25) is 5.91 Å². The van der Waals surface area contributed by atoms with Crippen LogP contribution in [-0.4, -0.2) is 81.0 Å². The minimum atomic E-state index is -1.36. The van der Waals surface area contributed by atoms with Gasteiger partial charge in [-0.25, -0.2) is 4.79 Å². The number of hydrogen-bond donors (Lipinski definition) is 5. The lowest BCUT2D eigenvalue weighted by Gasteiger charge is -2.42. The van der Waals surface area contributed by atoms with Gasteiger partial charge in [-0.2, -0.15) is 0 Å². The fourth-order valence-corrected chi connectivity index (χ4v) is 4.49. The van der Waals surface area contributed by atoms with Crippen molar-refractivity contribution < 1.29 is 48.9 Å². The van der Waals surface area contributed by atoms with E-state index in [0.717, 1.165) is 10.5 Å². The first-order chi connectivity index (χ1) is 21.6. The third-order valence-electron chi connectivity index (χ3n) is 6.89. The van der Waals surface area contributed by atoms with Gasteiger partial charge < -0.3 is 40.8 Å². The number of nitrogens with zero attached hydrogens (tertiary/aromatic N) is 2. The van der Waals surface area contributed by atoms with Crippen LogP contribution in [-0.2, 0) is 30.4 Å². The Morgan fingerprint density at radius 3 is 2.16 bits per heavy atom. The molecule has 0 aliphatic carbocycles. The van der Waals surface area contributed by atoms with Gasteiger partial charge >= 0.3 is 17.9 Å². The molecule has 0 aromatic heterocycles. The van der Waals surface area contributed by atoms with E-state index in [0.29, 0.717) is 5.75 Å². The highest BCUT2D eigenvalue weighted by Gasteiger charge is 2.45. The van der Waals surface area contributed by atoms with Gasteiger partial charge in [-0.1, -0.05) is 47.6 Å². The summed E-state index contributed by atoms with van der Waals surface area (Å²) in [6.45, 7) is -0.0858. The van der Waals surface area contributed by atoms with Crippen molar-refractivity contribution in [1.29, 1.82) is 0 Å². The molecular formula is C31H30N4O10. The zero-order valence-corrected chi connectivity index (χ0v) is 23.7. The van der Waals surface area contributed by atoms with E-state index in [1.165, 1.54) is 48.5 Å². The predicted molar refractivity (Wildman–Crippen MR) is 157 cm³/mol. The summed E-state index contributed by atoms with van der Waals surface area (Å²) in [5.41, 5.74) is 6.27. The van der Waals surface area contributed by atoms with Crippen molar-refractivity contribution in [2.75, 3.05) is 13.2 Å². The Morgan fingerprint density at radius 1 is 0.933 bits per heavy atom. The minimum Gasteiger partial charge on any atom is -0.494 e. The van der Waals surface area contributed by atoms with Crippen molar-refractivity contribution in [2.45, 2.75) is 31.0 Å². The van der Waals surface area contributed by atoms with Crippen molar-refractivity contribution in [3.63, 3.8) is 0 Å². The topological polar surface area (TPSA) is 218 Å². The Morgan fingerprint density at radius 2 is 1.58 bits per heavy atom. The van der Waals surface area contributed by atoms with Gasteiger partial charge in [-0.05, 0) is 47.5 Å². The van der Waals surface area contributed by atoms with Crippen LogP contribution in [0.2, 0.25) is 0 Å². The summed E-state index contributed by atoms with van der Waals surface area (Å²) in [5.74, 6) is -3.90. The van der Waals surface area contributed by atoms with Gasteiger partial charge in [0.15, 0.2) is 11.8 Å². The molecule has 1 heterocycles. The number of aliphatic carboxylic acids is 2. The first-order valence-electron chi connectivity index (χ1n) is 13.7. The summed E-state index contributed by atoms with van der Waals surface area (Å²) in [6.07, 6.45) is 0.137. The summed E-state index contributed by atoms with van der Waals surface area (Å²) in [4.78, 5) is 61.9. The molecule has 3 unspecified atom stereocenters. The molecule has 6 N–H and O–H groups in total. The van der Waals surface area contributed by atoms with Crippen LogP contribution >= 0.6 is 0 Å². The molecule has 3 aromatic rings. The van der Waals surface area contributed by atoms with Crippen LogP contribution in [0.15, 0.2) is 84.0 Å². The average molecular weight is 619 g/mol. The maximum atomic E-state index is 12.9. The number of amides is 2. The van der Waals surface area contributed by atoms with Crippen molar-refractivity contribution in [3.05, 3.63) is 95.6 Å². The Bertz CT molecular complexity index is 1580. The molecule has 1 saturated heterocycles. The minimum absolute atomic E-state index is 0.0399. The highest BCUT2D eigenvalue weighted by atomic mass is 16.5. The third kappa shape index (κ3) is 8.20. The number of β-lactam (4-membered cyclic amide) rings is 1. The summed E-state index contributed by atoms with van der Waals surface area (Å²) in [6, 6.07) is 17.1. The highest BCUT2D eigenvalue weighted by Crippen LogP contribution is 2.29. The summed E-state index contributed by atoms with van der Waals surface area (Å²) in [5, 5.41) is 33.7. The zero-order valence-electron chi connectivity index (χ0n) is 23.7. The molecule has 0 bridgehead atoms. The second kappa shape index (κ2) is 14.6. The Balaban J connectivity index is 1.31. The van der Waals surface area contributed by atoms with Gasteiger partial charge in [-0.15, -0.1) is 0 Å². The molecule has 4 rings (SSSR count). The zero-order chi connectivity index (χ0) is 32.5. The fourth-order valence-electron chi connectivity index (χ4n) is 4.49. The first-order valence-corrected chi connectivity index (χ1v) is 13.7. The molecule has 1 aliphatic rings. The number of rotatable bonds is 14. The maximum Gasteiger partial charge on any atom is 0.331 e. The number of carboxylic acids is 2. The lowest BCUT2D eigenvalue weighted by molar-refractivity contribution is -0.160. The van der Waals surface area contributed by atoms with Crippen LogP contribution in [0, 0.1) is 0 Å². The van der Waals surface area contributed by atoms with Gasteiger partial charge in [0.05, 0.1) is 19.6 Å². The van der Waals surface area contributed by atoms with Crippen LogP contribution in [0.25, 0.3) is 0 Å². The van der Waals surface area contributed by atoms with Crippen molar-refractivity contribution in [2.24, 2.45) is 10.9 Å². The standard InChI is InChI=1S/C31H30N4O10/c32-23(30(39)40)14-15-44-21-10-6-19(7-11-21)26(34-43)28(37)33-24-17-35(29(24)38)27(31(41)42)20-8-12-22(13-9-20)45-25(36)16-18-4-2-1-3-5-18/h1-13,23-24,27,43H,14-17,32H2,(H,33,37)(H,39,40)(H,41,42). The molecular weight excluding hydrogens is 588 g/mol. The molecule has 3 atom stereocenters. The molecule has 45 heavy (non-hydrogen) atoms. The van der Waals surface area contributed by atoms with Crippen molar-refractivity contribution in [1.82, 2.24) is 10.2 Å². The molecule has 2 amide bonds. The molecule has 1 aliphatic heterocycles. The number of oxime groups is 1. The van der Waals surface area contributed by atoms with Gasteiger partial charge in [-0.3, -0.25) is 19.2 Å². The van der Waals surface area contributed by atoms with Crippen LogP contribution in [0.1, 0.15) is 29.2 Å². The summed E-state index contributed by atoms with van der Waals surface area (Å²) >= 11 is 0. The lowest BCUT2D eigenvalue weighted by Crippen LogP contribution is -2.66. The van der Waals surface area contributed by atoms with Crippen molar-refractivity contribution >= 4 is 35.4 Å². The van der Waals surface area contributed by atoms with E-state index in [-0.39, 0.29) is 42.9 Å². The van der Waals surface area contributed by atoms with Gasteiger partial charge in [0.1, 0.15) is 23.6 Å². The van der Waals surface area contributed by atoms with Crippen LogP contribution in [0.5, 0.6) is 11.5 Å². The number of esters is 1. The number of nitrogens with one attached hydrogen (secondary N) is 1. The summed E-state index contributed by atoms with van der Waals surface area (Å²) < 4.78 is 10.8. The van der Waals surface area contributed by atoms with E-state index in [9.17, 15) is 34.3 Å². The Hall–Kier alpha value is -5.76. The van der Waals surface area contributed by atoms with E-state index < -0.39 is 53.6 Å². The molecule has 0 spiro atoms. The van der Waals surface area contributed by atoms with E-state index in [2.05, 4.69) is 10.5 Å². The number of ether oxygens (including phenoxy) is 2. The SMILES string of the molecule is NC(CCOc1ccc(C(=NO)C(=O)NC2CN(C(C(=O)O)c3ccc(OC(=O)Cc4ccccc4)cc3)C2=O)cc1)C(=O)O. The van der Waals surface area contributed by atoms with E-state index in [1.54, 1.807) is 24.3 Å². The fraction of sp³-hybridized carbons (Fsp3) is 0.226. The molecule has 14 nitrogen and oxygen atoms in total. The smallest absolute Gasteiger partial charge is 0.331 e. The number of nitrogens with two attached hydrogens (primary N) is 1. The second-order valence-corrected chi connectivity index (χ2v) is 10.0. The third-order valence-corrected chi connectivity index (χ3v) is 6.89. The average Bonchev–Trinajstić information content (AvgIpc) is 3.02. The van der Waals surface area contributed by atoms with Crippen LogP contribution in [0.3, 0.4) is 0 Å². The number of benzene rings is 3. The Kier molecular flexibility index (Phi) is 10.4. The first kappa shape index (κ1) is 32.2. The van der Waals surface area contributed by atoms with Crippen molar-refractivity contribution in [3.8, 4) is 11.5 Å². The largest absolute Gasteiger partial charge is 0.494 e. The van der Waals surface area contributed by atoms with E-state index in [1.807, 2.05) is 6.07 Å². The van der Waals surface area contributed by atoms with Gasteiger partial charge in [0, 0.05) is 12.0 Å². The number of likely N-dealkylation sites (tertiary alicyclic amines) is 1. The quantitative estimate of drug-likeness (QED) is 0.0434. The predicted octanol–water partition coefficient (Wildman–Crippen LogP) is 1.35. The monoisotopic (exact) mass is 618 g/mol. The second-order valence-electron chi connectivity index (χ2n) is 10.0. The molecule has 0 radical (unpaired) electrons. The van der Waals surface area contributed by atoms with E-state index in [4.69, 9.17) is 20.3 Å². The summed E-state index contributed by atoms with van der Waals surface area (Å²) in [7, 11) is 0. The molecule has 0 saturated carbocycles. The Labute approximate surface area is 256 Å². The highest BCUT2D eigenvalue weighted by molar-refractivity contribution is 6.45. The lowest BCUT2D eigenvalue weighted by atomic mass is 9.97. The normalized spacial score (nSPS) is 15.8. The number of carboxylic acid groups (broad SMARTS) is 2. The molecule has 234 valence electrons. The molecule has 3 aromatic carbocycles. The number of hydrogen-bond acceptors (Lipinski definition) is 10. The number of carbonyl (C=O) groups excluding carboxylic acids is 3. The number of carbonyl (C=O) groups is 5. The van der Waals surface area contributed by atoms with E-state index >= 15 is 0 Å². The molecule has 14 heteroatoms.